The monoisotopic (exact) mass is 430 g/mol. The van der Waals surface area contributed by atoms with Crippen LogP contribution in [0.4, 0.5) is 0 Å². The zero-order valence-corrected chi connectivity index (χ0v) is 19.3. The van der Waals surface area contributed by atoms with Gasteiger partial charge < -0.3 is 20.8 Å². The Balaban J connectivity index is 0.00000272. The summed E-state index contributed by atoms with van der Waals surface area (Å²) in [5.41, 5.74) is 3.63. The van der Waals surface area contributed by atoms with Crippen LogP contribution in [0.3, 0.4) is 0 Å². The topological polar surface area (TPSA) is 92.2 Å². The van der Waals surface area contributed by atoms with Crippen molar-refractivity contribution in [1.82, 2.24) is 0 Å². The molecular formula is C27H42O4. The molecule has 0 saturated heterocycles. The lowest BCUT2D eigenvalue weighted by Gasteiger charge is -2.44. The maximum Gasteiger partial charge on any atom is 0.0811 e. The van der Waals surface area contributed by atoms with Crippen LogP contribution in [0, 0.1) is 29.1 Å². The van der Waals surface area contributed by atoms with E-state index in [4.69, 9.17) is 0 Å². The number of hydrogen-bond acceptors (Lipinski definition) is 3. The van der Waals surface area contributed by atoms with Crippen molar-refractivity contribution < 1.29 is 20.8 Å². The fourth-order valence-electron chi connectivity index (χ4n) is 6.63. The third kappa shape index (κ3) is 5.08. The van der Waals surface area contributed by atoms with Crippen molar-refractivity contribution >= 4 is 0 Å². The second-order valence-electron chi connectivity index (χ2n) is 10.7. The molecule has 4 rings (SSSR count). The first kappa shape index (κ1) is 24.4. The van der Waals surface area contributed by atoms with Crippen molar-refractivity contribution in [2.24, 2.45) is 29.1 Å². The van der Waals surface area contributed by atoms with Gasteiger partial charge in [0.15, 0.2) is 0 Å². The van der Waals surface area contributed by atoms with E-state index in [1.165, 1.54) is 44.1 Å². The normalized spacial score (nSPS) is 40.7. The molecule has 31 heavy (non-hydrogen) atoms. The Bertz CT molecular complexity index is 746. The molecule has 4 nitrogen and oxygen atoms in total. The molecule has 4 aliphatic carbocycles. The lowest BCUT2D eigenvalue weighted by atomic mass is 9.61. The molecule has 0 aliphatic heterocycles. The van der Waals surface area contributed by atoms with E-state index in [9.17, 15) is 15.3 Å². The lowest BCUT2D eigenvalue weighted by Crippen LogP contribution is -2.35. The second-order valence-corrected chi connectivity index (χ2v) is 10.7. The lowest BCUT2D eigenvalue weighted by molar-refractivity contribution is 0.0862. The molecule has 0 spiro atoms. The maximum absolute atomic E-state index is 10.2. The minimum Gasteiger partial charge on any atom is -0.412 e. The number of aliphatic hydroxyl groups excluding tert-OH is 3. The molecule has 0 bridgehead atoms. The van der Waals surface area contributed by atoms with Crippen LogP contribution in [0.25, 0.3) is 0 Å². The van der Waals surface area contributed by atoms with Gasteiger partial charge in [-0.05, 0) is 91.6 Å². The van der Waals surface area contributed by atoms with Crippen molar-refractivity contribution in [3.05, 3.63) is 47.6 Å². The average Bonchev–Trinajstić information content (AvgIpc) is 3.49. The van der Waals surface area contributed by atoms with Gasteiger partial charge in [-0.25, -0.2) is 0 Å². The minimum atomic E-state index is -0.621. The van der Waals surface area contributed by atoms with Crippen LogP contribution in [-0.2, 0) is 0 Å². The van der Waals surface area contributed by atoms with Crippen molar-refractivity contribution in [2.75, 3.05) is 0 Å². The molecular weight excluding hydrogens is 388 g/mol. The molecule has 7 atom stereocenters. The highest BCUT2D eigenvalue weighted by atomic mass is 16.3. The number of rotatable bonds is 5. The molecule has 5 N–H and O–H groups in total. The van der Waals surface area contributed by atoms with Crippen molar-refractivity contribution in [3.8, 4) is 0 Å². The van der Waals surface area contributed by atoms with Gasteiger partial charge in [0.25, 0.3) is 0 Å². The van der Waals surface area contributed by atoms with Crippen molar-refractivity contribution in [3.63, 3.8) is 0 Å². The Hall–Kier alpha value is -1.20. The third-order valence-electron chi connectivity index (χ3n) is 8.65. The number of aliphatic hydroxyl groups is 3. The van der Waals surface area contributed by atoms with Crippen LogP contribution in [-0.4, -0.2) is 39.1 Å². The molecule has 174 valence electrons. The van der Waals surface area contributed by atoms with Gasteiger partial charge in [0, 0.05) is 6.42 Å². The van der Waals surface area contributed by atoms with E-state index < -0.39 is 12.2 Å². The van der Waals surface area contributed by atoms with Gasteiger partial charge in [-0.2, -0.15) is 0 Å². The smallest absolute Gasteiger partial charge is 0.0811 e. The summed E-state index contributed by atoms with van der Waals surface area (Å²) in [4.78, 5) is 0. The largest absolute Gasteiger partial charge is 0.412 e. The Morgan fingerprint density at radius 2 is 1.84 bits per heavy atom. The van der Waals surface area contributed by atoms with Gasteiger partial charge in [-0.1, -0.05) is 50.3 Å². The zero-order valence-electron chi connectivity index (χ0n) is 19.3. The molecule has 4 aliphatic rings. The third-order valence-corrected chi connectivity index (χ3v) is 8.65. The van der Waals surface area contributed by atoms with Gasteiger partial charge in [0.05, 0.1) is 18.3 Å². The number of allylic oxidation sites excluding steroid dienone is 4. The standard InChI is InChI=1S/C27H40O3.H2O/c1-17(6-13-25(29)20-8-9-20)23-11-12-24-19(5-4-14-27(23,24)3)7-10-21-15-22(28)16-26(30)18(21)2;/h6-7,10,13,17,20,22-26,28-30H,2,4-5,8-9,11-12,14-16H2,1,3H3;1H2/b13-6?,19-7+,21-10+;/t17-,22-,23-,24+,25-,26+,27-;/m1./s1. The van der Waals surface area contributed by atoms with Crippen LogP contribution in [0.1, 0.15) is 71.6 Å². The molecule has 0 aromatic carbocycles. The van der Waals surface area contributed by atoms with Crippen LogP contribution >= 0.6 is 0 Å². The van der Waals surface area contributed by atoms with Crippen LogP contribution in [0.5, 0.6) is 0 Å². The summed E-state index contributed by atoms with van der Waals surface area (Å²) in [5.74, 6) is 2.28. The Morgan fingerprint density at radius 1 is 1.10 bits per heavy atom. The first-order valence-corrected chi connectivity index (χ1v) is 12.1. The Labute approximate surface area is 187 Å². The van der Waals surface area contributed by atoms with Crippen molar-refractivity contribution in [1.29, 1.82) is 0 Å². The summed E-state index contributed by atoms with van der Waals surface area (Å²) < 4.78 is 0. The SMILES string of the molecule is C=C1/C(=C/C=C2\CCC[C@]3(C)[C@@H]([C@H](C)C=C[C@@H](O)C4CC4)CC[C@@H]23)C[C@@H](O)C[C@@H]1O.O. The summed E-state index contributed by atoms with van der Waals surface area (Å²) in [7, 11) is 0. The zero-order chi connectivity index (χ0) is 21.5. The van der Waals surface area contributed by atoms with E-state index in [1.807, 2.05) is 0 Å². The quantitative estimate of drug-likeness (QED) is 0.569. The molecule has 0 heterocycles. The second kappa shape index (κ2) is 9.74. The summed E-state index contributed by atoms with van der Waals surface area (Å²) in [6, 6.07) is 0. The number of fused-ring (bicyclic) bond motifs is 1. The first-order chi connectivity index (χ1) is 14.3. The van der Waals surface area contributed by atoms with E-state index >= 15 is 0 Å². The summed E-state index contributed by atoms with van der Waals surface area (Å²) in [6.07, 6.45) is 16.9. The highest BCUT2D eigenvalue weighted by molar-refractivity contribution is 5.38. The molecule has 4 heteroatoms. The molecule has 0 amide bonds. The molecule has 0 radical (unpaired) electrons. The summed E-state index contributed by atoms with van der Waals surface area (Å²) >= 11 is 0. The van der Waals surface area contributed by atoms with E-state index in [-0.39, 0.29) is 11.6 Å². The predicted molar refractivity (Wildman–Crippen MR) is 125 cm³/mol. The van der Waals surface area contributed by atoms with Gasteiger partial charge in [-0.15, -0.1) is 0 Å². The number of hydrogen-bond donors (Lipinski definition) is 3. The van der Waals surface area contributed by atoms with Gasteiger partial charge in [0.1, 0.15) is 0 Å². The summed E-state index contributed by atoms with van der Waals surface area (Å²) in [5, 5.41) is 30.4. The predicted octanol–water partition coefficient (Wildman–Crippen LogP) is 4.27. The van der Waals surface area contributed by atoms with Gasteiger partial charge in [-0.3, -0.25) is 0 Å². The maximum atomic E-state index is 10.2. The highest BCUT2D eigenvalue weighted by Crippen LogP contribution is 2.59. The highest BCUT2D eigenvalue weighted by Gasteiger charge is 2.50. The molecule has 0 aromatic rings. The first-order valence-electron chi connectivity index (χ1n) is 12.1. The van der Waals surface area contributed by atoms with E-state index in [2.05, 4.69) is 44.7 Å². The van der Waals surface area contributed by atoms with Crippen LogP contribution < -0.4 is 0 Å². The Kier molecular flexibility index (Phi) is 7.68. The molecule has 4 fully saturated rings. The summed E-state index contributed by atoms with van der Waals surface area (Å²) in [6.45, 7) is 8.88. The van der Waals surface area contributed by atoms with Gasteiger partial charge in [0.2, 0.25) is 0 Å². The molecule has 0 aromatic heterocycles. The van der Waals surface area contributed by atoms with Crippen LogP contribution in [0.15, 0.2) is 47.6 Å². The van der Waals surface area contributed by atoms with Gasteiger partial charge >= 0.3 is 0 Å². The fourth-order valence-corrected chi connectivity index (χ4v) is 6.63. The van der Waals surface area contributed by atoms with E-state index in [1.54, 1.807) is 0 Å². The average molecular weight is 431 g/mol. The fraction of sp³-hybridized carbons (Fsp3) is 0.704. The Morgan fingerprint density at radius 3 is 2.55 bits per heavy atom. The molecule has 4 saturated carbocycles. The molecule has 0 unspecified atom stereocenters. The van der Waals surface area contributed by atoms with E-state index in [0.717, 1.165) is 17.6 Å². The van der Waals surface area contributed by atoms with Crippen molar-refractivity contribution in [2.45, 2.75) is 89.9 Å². The van der Waals surface area contributed by atoms with E-state index in [0.29, 0.717) is 41.9 Å². The minimum absolute atomic E-state index is 0. The van der Waals surface area contributed by atoms with Crippen LogP contribution in [0.2, 0.25) is 0 Å².